The van der Waals surface area contributed by atoms with Crippen LogP contribution in [-0.4, -0.2) is 20.7 Å². The van der Waals surface area contributed by atoms with Gasteiger partial charge < -0.3 is 9.88 Å². The minimum Gasteiger partial charge on any atom is -0.314 e. The number of nitrogens with zero attached hydrogens (tertiary/aromatic N) is 3. The van der Waals surface area contributed by atoms with Crippen LogP contribution >= 0.6 is 0 Å². The first kappa shape index (κ1) is 12.8. The monoisotopic (exact) mass is 272 g/mol. The lowest BCUT2D eigenvalue weighted by atomic mass is 10.1. The number of aryl methyl sites for hydroxylation is 2. The zero-order valence-corrected chi connectivity index (χ0v) is 11.1. The molecule has 3 rings (SSSR count). The molecule has 0 fully saturated rings. The Labute approximate surface area is 115 Å². The predicted molar refractivity (Wildman–Crippen MR) is 74.6 cm³/mol. The Morgan fingerprint density at radius 2 is 2.05 bits per heavy atom. The molecule has 0 amide bonds. The maximum absolute atomic E-state index is 12.3. The summed E-state index contributed by atoms with van der Waals surface area (Å²) in [5.74, 6) is 0. The van der Waals surface area contributed by atoms with Crippen LogP contribution in [0.4, 0.5) is 0 Å². The molecule has 1 N–H and O–H groups in total. The Morgan fingerprint density at radius 3 is 2.90 bits per heavy atom. The quantitative estimate of drug-likeness (QED) is 0.836. The fourth-order valence-electron chi connectivity index (χ4n) is 2.41. The van der Waals surface area contributed by atoms with E-state index in [1.54, 1.807) is 33.8 Å². The molecule has 0 bridgehead atoms. The molecule has 104 valence electrons. The van der Waals surface area contributed by atoms with E-state index in [1.165, 1.54) is 6.07 Å². The van der Waals surface area contributed by atoms with Gasteiger partial charge in [0.2, 0.25) is 0 Å². The maximum atomic E-state index is 12.3. The molecule has 0 saturated carbocycles. The average Bonchev–Trinajstić information content (AvgIpc) is 2.48. The molecule has 2 aromatic heterocycles. The van der Waals surface area contributed by atoms with Gasteiger partial charge >= 0.3 is 0 Å². The van der Waals surface area contributed by atoms with Gasteiger partial charge in [0.1, 0.15) is 0 Å². The lowest BCUT2D eigenvalue weighted by molar-refractivity contribution is 0.528. The molecule has 0 aromatic carbocycles. The lowest BCUT2D eigenvalue weighted by Crippen LogP contribution is -2.35. The van der Waals surface area contributed by atoms with Gasteiger partial charge in [-0.15, -0.1) is 0 Å². The highest BCUT2D eigenvalue weighted by Gasteiger charge is 2.14. The number of rotatable bonds is 3. The summed E-state index contributed by atoms with van der Waals surface area (Å²) < 4.78 is 3.18. The second-order valence-electron chi connectivity index (χ2n) is 4.83. The van der Waals surface area contributed by atoms with Crippen LogP contribution in [0.5, 0.6) is 0 Å². The minimum absolute atomic E-state index is 0.0143. The zero-order valence-electron chi connectivity index (χ0n) is 11.1. The first-order chi connectivity index (χ1) is 9.75. The first-order valence-electron chi connectivity index (χ1n) is 6.69. The number of hydrogen-bond donors (Lipinski definition) is 1. The molecule has 3 heterocycles. The number of hydrogen-bond acceptors (Lipinski definition) is 4. The summed E-state index contributed by atoms with van der Waals surface area (Å²) in [6, 6.07) is 5.03. The number of aromatic nitrogens is 3. The molecule has 2 aromatic rings. The van der Waals surface area contributed by atoms with Crippen LogP contribution in [0, 0.1) is 0 Å². The summed E-state index contributed by atoms with van der Waals surface area (Å²) in [7, 11) is 0. The fourth-order valence-corrected chi connectivity index (χ4v) is 2.41. The van der Waals surface area contributed by atoms with Crippen molar-refractivity contribution >= 4 is 0 Å². The van der Waals surface area contributed by atoms with E-state index in [0.29, 0.717) is 26.1 Å². The molecule has 1 aliphatic rings. The van der Waals surface area contributed by atoms with Crippen molar-refractivity contribution in [3.8, 4) is 0 Å². The summed E-state index contributed by atoms with van der Waals surface area (Å²) >= 11 is 0. The van der Waals surface area contributed by atoms with Crippen molar-refractivity contribution in [1.29, 1.82) is 0 Å². The average molecular weight is 272 g/mol. The van der Waals surface area contributed by atoms with Crippen molar-refractivity contribution < 1.29 is 0 Å². The van der Waals surface area contributed by atoms with Crippen molar-refractivity contribution in [2.45, 2.75) is 26.1 Å². The predicted octanol–water partition coefficient (Wildman–Crippen LogP) is -0.249. The second-order valence-corrected chi connectivity index (χ2v) is 4.83. The third kappa shape index (κ3) is 2.42. The highest BCUT2D eigenvalue weighted by atomic mass is 16.1. The SMILES string of the molecule is O=c1ccccn1CCn1cnc2c(c1=O)CCNC2. The maximum Gasteiger partial charge on any atom is 0.256 e. The van der Waals surface area contributed by atoms with E-state index in [-0.39, 0.29) is 11.1 Å². The van der Waals surface area contributed by atoms with Crippen molar-refractivity contribution in [2.75, 3.05) is 6.54 Å². The molecule has 1 aliphatic heterocycles. The highest BCUT2D eigenvalue weighted by molar-refractivity contribution is 5.19. The first-order valence-corrected chi connectivity index (χ1v) is 6.69. The molecular formula is C14H16N4O2. The minimum atomic E-state index is -0.0596. The van der Waals surface area contributed by atoms with Gasteiger partial charge in [-0.2, -0.15) is 0 Å². The van der Waals surface area contributed by atoms with Gasteiger partial charge in [-0.05, 0) is 19.0 Å². The summed E-state index contributed by atoms with van der Waals surface area (Å²) in [5.41, 5.74) is 1.59. The molecule has 0 atom stereocenters. The Balaban J connectivity index is 1.84. The van der Waals surface area contributed by atoms with Crippen molar-refractivity contribution in [2.24, 2.45) is 0 Å². The van der Waals surface area contributed by atoms with E-state index in [9.17, 15) is 9.59 Å². The van der Waals surface area contributed by atoms with E-state index in [1.807, 2.05) is 0 Å². The summed E-state index contributed by atoms with van der Waals surface area (Å²) in [5, 5.41) is 3.20. The van der Waals surface area contributed by atoms with Gasteiger partial charge in [-0.25, -0.2) is 4.98 Å². The zero-order chi connectivity index (χ0) is 13.9. The van der Waals surface area contributed by atoms with Gasteiger partial charge in [0.25, 0.3) is 11.1 Å². The largest absolute Gasteiger partial charge is 0.314 e. The molecule has 0 aliphatic carbocycles. The Kier molecular flexibility index (Phi) is 3.47. The molecule has 0 saturated heterocycles. The summed E-state index contributed by atoms with van der Waals surface area (Å²) in [4.78, 5) is 28.3. The van der Waals surface area contributed by atoms with E-state index in [4.69, 9.17) is 0 Å². The topological polar surface area (TPSA) is 68.9 Å². The van der Waals surface area contributed by atoms with Gasteiger partial charge in [0, 0.05) is 37.5 Å². The lowest BCUT2D eigenvalue weighted by Gasteiger charge is -2.17. The van der Waals surface area contributed by atoms with E-state index >= 15 is 0 Å². The second kappa shape index (κ2) is 5.42. The van der Waals surface area contributed by atoms with Gasteiger partial charge in [0.15, 0.2) is 0 Å². The van der Waals surface area contributed by atoms with Crippen LogP contribution < -0.4 is 16.4 Å². The normalized spacial score (nSPS) is 14.0. The summed E-state index contributed by atoms with van der Waals surface area (Å²) in [6.45, 7) is 2.39. The molecule has 0 spiro atoms. The fraction of sp³-hybridized carbons (Fsp3) is 0.357. The Bertz CT molecular complexity index is 732. The van der Waals surface area contributed by atoms with Crippen LogP contribution in [0.2, 0.25) is 0 Å². The molecule has 20 heavy (non-hydrogen) atoms. The Morgan fingerprint density at radius 1 is 1.20 bits per heavy atom. The molecule has 6 heteroatoms. The number of fused-ring (bicyclic) bond motifs is 1. The van der Waals surface area contributed by atoms with Crippen LogP contribution in [0.1, 0.15) is 11.3 Å². The van der Waals surface area contributed by atoms with Gasteiger partial charge in [-0.1, -0.05) is 6.07 Å². The summed E-state index contributed by atoms with van der Waals surface area (Å²) in [6.07, 6.45) is 4.01. The van der Waals surface area contributed by atoms with Gasteiger partial charge in [-0.3, -0.25) is 14.2 Å². The van der Waals surface area contributed by atoms with Gasteiger partial charge in [0.05, 0.1) is 12.0 Å². The third-order valence-corrected chi connectivity index (χ3v) is 3.55. The molecule has 0 unspecified atom stereocenters. The molecule has 6 nitrogen and oxygen atoms in total. The number of pyridine rings is 1. The van der Waals surface area contributed by atoms with Crippen LogP contribution in [0.25, 0.3) is 0 Å². The van der Waals surface area contributed by atoms with E-state index < -0.39 is 0 Å². The number of nitrogens with one attached hydrogen (secondary N) is 1. The van der Waals surface area contributed by atoms with E-state index in [2.05, 4.69) is 10.3 Å². The standard InChI is InChI=1S/C14H16N4O2/c19-13-3-1-2-6-17(13)7-8-18-10-16-12-9-15-5-4-11(12)14(18)20/h1-3,6,10,15H,4-5,7-9H2. The van der Waals surface area contributed by atoms with Crippen LogP contribution in [0.15, 0.2) is 40.3 Å². The molecular weight excluding hydrogens is 256 g/mol. The van der Waals surface area contributed by atoms with E-state index in [0.717, 1.165) is 17.8 Å². The Hall–Kier alpha value is -2.21. The van der Waals surface area contributed by atoms with Crippen molar-refractivity contribution in [3.05, 3.63) is 62.7 Å². The van der Waals surface area contributed by atoms with Crippen molar-refractivity contribution in [1.82, 2.24) is 19.4 Å². The van der Waals surface area contributed by atoms with Crippen molar-refractivity contribution in [3.63, 3.8) is 0 Å². The smallest absolute Gasteiger partial charge is 0.256 e. The van der Waals surface area contributed by atoms with Crippen LogP contribution in [0.3, 0.4) is 0 Å². The third-order valence-electron chi connectivity index (χ3n) is 3.55. The van der Waals surface area contributed by atoms with Crippen LogP contribution in [-0.2, 0) is 26.1 Å². The highest BCUT2D eigenvalue weighted by Crippen LogP contribution is 2.05. The molecule has 0 radical (unpaired) electrons.